The lowest BCUT2D eigenvalue weighted by Gasteiger charge is -2.27. The van der Waals surface area contributed by atoms with Crippen molar-refractivity contribution in [1.29, 1.82) is 0 Å². The number of carbonyl (C=O) groups excluding carboxylic acids is 1. The second kappa shape index (κ2) is 8.34. The van der Waals surface area contributed by atoms with Crippen molar-refractivity contribution in [2.45, 2.75) is 53.0 Å². The van der Waals surface area contributed by atoms with Crippen molar-refractivity contribution < 1.29 is 9.53 Å². The van der Waals surface area contributed by atoms with Crippen molar-refractivity contribution >= 4 is 11.6 Å². The van der Waals surface area contributed by atoms with E-state index in [1.54, 1.807) is 0 Å². The zero-order valence-electron chi connectivity index (χ0n) is 14.8. The van der Waals surface area contributed by atoms with E-state index in [9.17, 15) is 4.79 Å². The van der Waals surface area contributed by atoms with Gasteiger partial charge < -0.3 is 15.4 Å². The summed E-state index contributed by atoms with van der Waals surface area (Å²) in [6.07, 6.45) is 2.83. The van der Waals surface area contributed by atoms with Crippen LogP contribution in [0.15, 0.2) is 18.2 Å². The minimum atomic E-state index is 0.0952. The van der Waals surface area contributed by atoms with Gasteiger partial charge in [0.05, 0.1) is 6.61 Å². The second-order valence-corrected chi connectivity index (χ2v) is 7.08. The van der Waals surface area contributed by atoms with E-state index in [4.69, 9.17) is 4.74 Å². The number of hydrogen-bond donors (Lipinski definition) is 2. The summed E-state index contributed by atoms with van der Waals surface area (Å²) < 4.78 is 5.87. The number of nitrogens with one attached hydrogen (secondary N) is 2. The molecule has 0 unspecified atom stereocenters. The Morgan fingerprint density at radius 3 is 2.91 bits per heavy atom. The van der Waals surface area contributed by atoms with Crippen LogP contribution in [-0.4, -0.2) is 25.1 Å². The number of carbonyl (C=O) groups is 1. The van der Waals surface area contributed by atoms with Crippen LogP contribution in [0, 0.1) is 18.8 Å². The molecule has 0 bridgehead atoms. The summed E-state index contributed by atoms with van der Waals surface area (Å²) in [7, 11) is 0. The molecule has 1 aliphatic rings. The predicted octanol–water partition coefficient (Wildman–Crippen LogP) is 3.75. The maximum absolute atomic E-state index is 12.4. The number of ether oxygens (including phenoxy) is 1. The molecule has 23 heavy (non-hydrogen) atoms. The highest BCUT2D eigenvalue weighted by Crippen LogP contribution is 2.25. The van der Waals surface area contributed by atoms with Gasteiger partial charge in [0.25, 0.3) is 0 Å². The van der Waals surface area contributed by atoms with Crippen LogP contribution < -0.4 is 15.4 Å². The molecule has 1 aromatic rings. The van der Waals surface area contributed by atoms with Crippen LogP contribution in [0.5, 0.6) is 5.75 Å². The third kappa shape index (κ3) is 5.54. The fraction of sp³-hybridized carbons (Fsp3) is 0.632. The molecule has 0 aliphatic carbocycles. The van der Waals surface area contributed by atoms with Crippen molar-refractivity contribution in [2.75, 3.05) is 18.5 Å². The van der Waals surface area contributed by atoms with E-state index in [-0.39, 0.29) is 11.8 Å². The molecule has 1 saturated heterocycles. The first kappa shape index (κ1) is 17.8. The number of benzene rings is 1. The average Bonchev–Trinajstić information content (AvgIpc) is 2.50. The first-order chi connectivity index (χ1) is 11.0. The lowest BCUT2D eigenvalue weighted by Crippen LogP contribution is -2.40. The van der Waals surface area contributed by atoms with Crippen LogP contribution >= 0.6 is 0 Å². The van der Waals surface area contributed by atoms with Crippen LogP contribution in [0.4, 0.5) is 5.69 Å². The standard InChI is InChI=1S/C19H30N2O2/c1-13(2)8-10-23-18-12-17(6-5-14(18)3)21-19(22)16-7-9-20-15(4)11-16/h5-6,12-13,15-16,20H,7-11H2,1-4H3,(H,21,22)/t15-,16-/m0/s1. The molecule has 2 N–H and O–H groups in total. The Bertz CT molecular complexity index is 528. The minimum Gasteiger partial charge on any atom is -0.493 e. The van der Waals surface area contributed by atoms with E-state index in [2.05, 4.69) is 31.4 Å². The lowest BCUT2D eigenvalue weighted by molar-refractivity contribution is -0.120. The van der Waals surface area contributed by atoms with Gasteiger partial charge in [-0.15, -0.1) is 0 Å². The number of rotatable bonds is 6. The van der Waals surface area contributed by atoms with E-state index in [0.29, 0.717) is 18.6 Å². The molecule has 0 radical (unpaired) electrons. The van der Waals surface area contributed by atoms with Gasteiger partial charge in [-0.1, -0.05) is 19.9 Å². The molecule has 4 nitrogen and oxygen atoms in total. The second-order valence-electron chi connectivity index (χ2n) is 7.08. The zero-order valence-corrected chi connectivity index (χ0v) is 14.8. The third-order valence-corrected chi connectivity index (χ3v) is 4.40. The Morgan fingerprint density at radius 1 is 1.43 bits per heavy atom. The zero-order chi connectivity index (χ0) is 16.8. The van der Waals surface area contributed by atoms with Gasteiger partial charge in [-0.25, -0.2) is 0 Å². The first-order valence-electron chi connectivity index (χ1n) is 8.73. The van der Waals surface area contributed by atoms with Crippen LogP contribution in [0.1, 0.15) is 45.6 Å². The van der Waals surface area contributed by atoms with Crippen LogP contribution in [0.2, 0.25) is 0 Å². The minimum absolute atomic E-state index is 0.0952. The SMILES string of the molecule is Cc1ccc(NC(=O)[C@H]2CCN[C@@H](C)C2)cc1OCCC(C)C. The van der Waals surface area contributed by atoms with E-state index >= 15 is 0 Å². The highest BCUT2D eigenvalue weighted by Gasteiger charge is 2.24. The Morgan fingerprint density at radius 2 is 2.22 bits per heavy atom. The summed E-state index contributed by atoms with van der Waals surface area (Å²) in [6, 6.07) is 6.31. The Labute approximate surface area is 140 Å². The molecule has 1 amide bonds. The monoisotopic (exact) mass is 318 g/mol. The number of anilines is 1. The van der Waals surface area contributed by atoms with Crippen LogP contribution in [-0.2, 0) is 4.79 Å². The van der Waals surface area contributed by atoms with Crippen molar-refractivity contribution in [2.24, 2.45) is 11.8 Å². The summed E-state index contributed by atoms with van der Waals surface area (Å²) in [6.45, 7) is 10.2. The summed E-state index contributed by atoms with van der Waals surface area (Å²) in [5.41, 5.74) is 1.92. The molecule has 1 heterocycles. The van der Waals surface area contributed by atoms with Gasteiger partial charge in [0.15, 0.2) is 0 Å². The molecular weight excluding hydrogens is 288 g/mol. The lowest BCUT2D eigenvalue weighted by atomic mass is 9.92. The molecule has 1 aromatic carbocycles. The fourth-order valence-electron chi connectivity index (χ4n) is 2.85. The van der Waals surface area contributed by atoms with E-state index in [1.807, 2.05) is 25.1 Å². The number of amides is 1. The number of aryl methyl sites for hydroxylation is 1. The van der Waals surface area contributed by atoms with Gasteiger partial charge in [-0.3, -0.25) is 4.79 Å². The van der Waals surface area contributed by atoms with Gasteiger partial charge in [0.2, 0.25) is 5.91 Å². The van der Waals surface area contributed by atoms with Crippen molar-refractivity contribution in [3.63, 3.8) is 0 Å². The average molecular weight is 318 g/mol. The predicted molar refractivity (Wildman–Crippen MR) is 94.9 cm³/mol. The topological polar surface area (TPSA) is 50.4 Å². The van der Waals surface area contributed by atoms with Crippen LogP contribution in [0.3, 0.4) is 0 Å². The van der Waals surface area contributed by atoms with E-state index < -0.39 is 0 Å². The van der Waals surface area contributed by atoms with Gasteiger partial charge >= 0.3 is 0 Å². The molecule has 1 fully saturated rings. The Hall–Kier alpha value is -1.55. The van der Waals surface area contributed by atoms with Gasteiger partial charge in [-0.05, 0) is 57.2 Å². The molecule has 128 valence electrons. The summed E-state index contributed by atoms with van der Waals surface area (Å²) in [5.74, 6) is 1.70. The Balaban J connectivity index is 1.95. The first-order valence-corrected chi connectivity index (χ1v) is 8.73. The Kier molecular flexibility index (Phi) is 6.46. The van der Waals surface area contributed by atoms with Crippen molar-refractivity contribution in [3.05, 3.63) is 23.8 Å². The third-order valence-electron chi connectivity index (χ3n) is 4.40. The fourth-order valence-corrected chi connectivity index (χ4v) is 2.85. The summed E-state index contributed by atoms with van der Waals surface area (Å²) in [5, 5.41) is 6.43. The molecule has 0 aromatic heterocycles. The number of piperidine rings is 1. The summed E-state index contributed by atoms with van der Waals surface area (Å²) in [4.78, 5) is 12.4. The van der Waals surface area contributed by atoms with E-state index in [0.717, 1.165) is 42.8 Å². The molecular formula is C19H30N2O2. The van der Waals surface area contributed by atoms with Crippen molar-refractivity contribution in [3.8, 4) is 5.75 Å². The maximum atomic E-state index is 12.4. The molecule has 2 atom stereocenters. The maximum Gasteiger partial charge on any atom is 0.227 e. The number of hydrogen-bond acceptors (Lipinski definition) is 3. The van der Waals surface area contributed by atoms with Gasteiger partial charge in [0.1, 0.15) is 5.75 Å². The van der Waals surface area contributed by atoms with Gasteiger partial charge in [0, 0.05) is 23.7 Å². The summed E-state index contributed by atoms with van der Waals surface area (Å²) >= 11 is 0. The quantitative estimate of drug-likeness (QED) is 0.840. The highest BCUT2D eigenvalue weighted by atomic mass is 16.5. The van der Waals surface area contributed by atoms with Crippen LogP contribution in [0.25, 0.3) is 0 Å². The normalized spacial score (nSPS) is 21.3. The highest BCUT2D eigenvalue weighted by molar-refractivity contribution is 5.92. The smallest absolute Gasteiger partial charge is 0.227 e. The molecule has 0 spiro atoms. The van der Waals surface area contributed by atoms with Crippen molar-refractivity contribution in [1.82, 2.24) is 5.32 Å². The van der Waals surface area contributed by atoms with Gasteiger partial charge in [-0.2, -0.15) is 0 Å². The van der Waals surface area contributed by atoms with E-state index in [1.165, 1.54) is 0 Å². The molecule has 0 saturated carbocycles. The molecule has 4 heteroatoms. The molecule has 2 rings (SSSR count). The molecule has 1 aliphatic heterocycles. The largest absolute Gasteiger partial charge is 0.493 e.